The Morgan fingerprint density at radius 3 is 2.24 bits per heavy atom. The molecule has 0 bridgehead atoms. The lowest BCUT2D eigenvalue weighted by Gasteiger charge is -2.38. The zero-order chi connectivity index (χ0) is 20.2. The molecule has 158 valence electrons. The zero-order valence-corrected chi connectivity index (χ0v) is 17.2. The Bertz CT molecular complexity index is 733. The second-order valence-electron chi connectivity index (χ2n) is 8.46. The van der Waals surface area contributed by atoms with Gasteiger partial charge in [0.05, 0.1) is 11.4 Å². The minimum Gasteiger partial charge on any atom is -0.397 e. The molecule has 1 aliphatic carbocycles. The van der Waals surface area contributed by atoms with E-state index in [1.165, 1.54) is 19.3 Å². The minimum absolute atomic E-state index is 0.0487. The fraction of sp³-hybridized carbons (Fsp3) is 0.636. The highest BCUT2D eigenvalue weighted by Crippen LogP contribution is 2.28. The van der Waals surface area contributed by atoms with Crippen molar-refractivity contribution in [3.8, 4) is 0 Å². The van der Waals surface area contributed by atoms with Crippen molar-refractivity contribution in [2.45, 2.75) is 32.1 Å². The van der Waals surface area contributed by atoms with E-state index in [-0.39, 0.29) is 11.8 Å². The fourth-order valence-electron chi connectivity index (χ4n) is 4.80. The Kier molecular flexibility index (Phi) is 6.23. The van der Waals surface area contributed by atoms with Crippen LogP contribution in [0.2, 0.25) is 0 Å². The van der Waals surface area contributed by atoms with E-state index in [2.05, 4.69) is 10.2 Å². The van der Waals surface area contributed by atoms with E-state index >= 15 is 0 Å². The summed E-state index contributed by atoms with van der Waals surface area (Å²) in [5, 5.41) is 3.26. The van der Waals surface area contributed by atoms with Gasteiger partial charge in [-0.2, -0.15) is 0 Å². The van der Waals surface area contributed by atoms with Gasteiger partial charge in [-0.15, -0.1) is 0 Å². The Labute approximate surface area is 173 Å². The van der Waals surface area contributed by atoms with E-state index < -0.39 is 0 Å². The van der Waals surface area contributed by atoms with Crippen molar-refractivity contribution in [3.05, 3.63) is 23.8 Å². The molecule has 29 heavy (non-hydrogen) atoms. The number of carbonyl (C=O) groups excluding carboxylic acids is 2. The van der Waals surface area contributed by atoms with Gasteiger partial charge in [-0.25, -0.2) is 0 Å². The average molecular weight is 400 g/mol. The van der Waals surface area contributed by atoms with E-state index in [0.717, 1.165) is 70.9 Å². The molecule has 2 amide bonds. The van der Waals surface area contributed by atoms with Crippen LogP contribution in [0, 0.1) is 5.92 Å². The van der Waals surface area contributed by atoms with Crippen LogP contribution in [0.1, 0.15) is 42.5 Å². The van der Waals surface area contributed by atoms with E-state index in [1.54, 1.807) is 6.07 Å². The molecule has 3 fully saturated rings. The molecule has 2 aliphatic heterocycles. The van der Waals surface area contributed by atoms with Gasteiger partial charge in [-0.3, -0.25) is 9.59 Å². The highest BCUT2D eigenvalue weighted by atomic mass is 16.2. The second-order valence-corrected chi connectivity index (χ2v) is 8.46. The van der Waals surface area contributed by atoms with Crippen LogP contribution >= 0.6 is 0 Å². The van der Waals surface area contributed by atoms with E-state index in [9.17, 15) is 9.59 Å². The van der Waals surface area contributed by atoms with E-state index in [0.29, 0.717) is 17.2 Å². The first-order chi connectivity index (χ1) is 14.1. The Morgan fingerprint density at radius 1 is 0.897 bits per heavy atom. The molecular formula is C22H33N5O2. The molecule has 0 aromatic heterocycles. The molecule has 3 aliphatic rings. The molecule has 0 spiro atoms. The normalized spacial score (nSPS) is 21.3. The first-order valence-corrected chi connectivity index (χ1v) is 11.1. The highest BCUT2D eigenvalue weighted by molar-refractivity contribution is 5.96. The number of benzene rings is 1. The number of nitrogen functional groups attached to an aromatic ring is 1. The summed E-state index contributed by atoms with van der Waals surface area (Å²) in [5.41, 5.74) is 8.58. The lowest BCUT2D eigenvalue weighted by Crippen LogP contribution is -2.50. The molecule has 0 radical (unpaired) electrons. The number of piperazine rings is 2. The quantitative estimate of drug-likeness (QED) is 0.754. The molecule has 1 aromatic carbocycles. The van der Waals surface area contributed by atoms with Crippen molar-refractivity contribution in [1.82, 2.24) is 15.1 Å². The predicted molar refractivity (Wildman–Crippen MR) is 115 cm³/mol. The molecule has 4 rings (SSSR count). The molecule has 1 aromatic rings. The van der Waals surface area contributed by atoms with Crippen LogP contribution in [-0.4, -0.2) is 74.0 Å². The third kappa shape index (κ3) is 4.50. The van der Waals surface area contributed by atoms with Crippen LogP contribution < -0.4 is 16.0 Å². The largest absolute Gasteiger partial charge is 0.397 e. The van der Waals surface area contributed by atoms with Gasteiger partial charge in [0.25, 0.3) is 5.91 Å². The monoisotopic (exact) mass is 399 g/mol. The van der Waals surface area contributed by atoms with Crippen LogP contribution in [0.3, 0.4) is 0 Å². The standard InChI is InChI=1S/C22H33N5O2/c23-19-16-18(22(29)26-10-8-24-9-11-26)6-7-20(19)25-12-14-27(15-13-25)21(28)17-4-2-1-3-5-17/h6-7,16-17,24H,1-5,8-15,23H2. The van der Waals surface area contributed by atoms with Gasteiger partial charge < -0.3 is 25.8 Å². The lowest BCUT2D eigenvalue weighted by atomic mass is 9.88. The van der Waals surface area contributed by atoms with Gasteiger partial charge in [-0.1, -0.05) is 19.3 Å². The SMILES string of the molecule is Nc1cc(C(=O)N2CCNCC2)ccc1N1CCN(C(=O)C2CCCCC2)CC1. The van der Waals surface area contributed by atoms with Crippen molar-refractivity contribution in [2.75, 3.05) is 63.0 Å². The Balaban J connectivity index is 1.35. The smallest absolute Gasteiger partial charge is 0.254 e. The number of hydrogen-bond acceptors (Lipinski definition) is 5. The van der Waals surface area contributed by atoms with Gasteiger partial charge >= 0.3 is 0 Å². The van der Waals surface area contributed by atoms with Crippen molar-refractivity contribution < 1.29 is 9.59 Å². The third-order valence-corrected chi connectivity index (χ3v) is 6.57. The van der Waals surface area contributed by atoms with Crippen LogP contribution in [0.25, 0.3) is 0 Å². The number of carbonyl (C=O) groups is 2. The molecule has 7 heteroatoms. The molecule has 3 N–H and O–H groups in total. The van der Waals surface area contributed by atoms with Gasteiger partial charge in [0, 0.05) is 63.8 Å². The van der Waals surface area contributed by atoms with Gasteiger partial charge in [0.2, 0.25) is 5.91 Å². The number of hydrogen-bond donors (Lipinski definition) is 2. The van der Waals surface area contributed by atoms with Gasteiger partial charge in [0.15, 0.2) is 0 Å². The number of nitrogens with zero attached hydrogens (tertiary/aromatic N) is 3. The lowest BCUT2D eigenvalue weighted by molar-refractivity contribution is -0.136. The summed E-state index contributed by atoms with van der Waals surface area (Å²) in [5.74, 6) is 0.623. The molecule has 7 nitrogen and oxygen atoms in total. The molecular weight excluding hydrogens is 366 g/mol. The predicted octanol–water partition coefficient (Wildman–Crippen LogP) is 1.54. The van der Waals surface area contributed by atoms with E-state index in [1.807, 2.05) is 21.9 Å². The summed E-state index contributed by atoms with van der Waals surface area (Å²) in [6.45, 7) is 6.20. The first kappa shape index (κ1) is 20.0. The average Bonchev–Trinajstić information content (AvgIpc) is 2.79. The van der Waals surface area contributed by atoms with Crippen LogP contribution in [-0.2, 0) is 4.79 Å². The molecule has 2 saturated heterocycles. The van der Waals surface area contributed by atoms with Crippen LogP contribution in [0.4, 0.5) is 11.4 Å². The number of anilines is 2. The summed E-state index contributed by atoms with van der Waals surface area (Å²) in [6, 6.07) is 5.65. The zero-order valence-electron chi connectivity index (χ0n) is 17.2. The second kappa shape index (κ2) is 9.03. The maximum Gasteiger partial charge on any atom is 0.254 e. The van der Waals surface area contributed by atoms with E-state index in [4.69, 9.17) is 5.73 Å². The molecule has 2 heterocycles. The fourth-order valence-corrected chi connectivity index (χ4v) is 4.80. The summed E-state index contributed by atoms with van der Waals surface area (Å²) in [4.78, 5) is 31.6. The first-order valence-electron chi connectivity index (χ1n) is 11.1. The number of nitrogens with one attached hydrogen (secondary N) is 1. The Morgan fingerprint density at radius 2 is 1.59 bits per heavy atom. The highest BCUT2D eigenvalue weighted by Gasteiger charge is 2.29. The topological polar surface area (TPSA) is 81.9 Å². The van der Waals surface area contributed by atoms with Crippen molar-refractivity contribution in [3.63, 3.8) is 0 Å². The van der Waals surface area contributed by atoms with Crippen LogP contribution in [0.5, 0.6) is 0 Å². The summed E-state index contributed by atoms with van der Waals surface area (Å²) >= 11 is 0. The number of nitrogens with two attached hydrogens (primary N) is 1. The van der Waals surface area contributed by atoms with Gasteiger partial charge in [-0.05, 0) is 31.0 Å². The molecule has 0 unspecified atom stereocenters. The number of rotatable bonds is 3. The van der Waals surface area contributed by atoms with Gasteiger partial charge in [0.1, 0.15) is 0 Å². The van der Waals surface area contributed by atoms with Crippen molar-refractivity contribution in [1.29, 1.82) is 0 Å². The summed E-state index contributed by atoms with van der Waals surface area (Å²) in [7, 11) is 0. The summed E-state index contributed by atoms with van der Waals surface area (Å²) < 4.78 is 0. The minimum atomic E-state index is 0.0487. The maximum atomic E-state index is 12.8. The summed E-state index contributed by atoms with van der Waals surface area (Å²) in [6.07, 6.45) is 5.74. The van der Waals surface area contributed by atoms with Crippen LogP contribution in [0.15, 0.2) is 18.2 Å². The van der Waals surface area contributed by atoms with Crippen molar-refractivity contribution >= 4 is 23.2 Å². The van der Waals surface area contributed by atoms with Crippen molar-refractivity contribution in [2.24, 2.45) is 5.92 Å². The third-order valence-electron chi connectivity index (χ3n) is 6.57. The molecule has 1 saturated carbocycles. The Hall–Kier alpha value is -2.28. The maximum absolute atomic E-state index is 12.8. The molecule has 0 atom stereocenters. The number of amides is 2.